The Labute approximate surface area is 117 Å². The topological polar surface area (TPSA) is 20.2 Å². The Morgan fingerprint density at radius 3 is 2.60 bits per heavy atom. The molecule has 1 nitrogen and oxygen atoms in total. The van der Waals surface area contributed by atoms with Crippen molar-refractivity contribution >= 4 is 66.1 Å². The largest absolute Gasteiger partial charge is 0.383 e. The summed E-state index contributed by atoms with van der Waals surface area (Å²) in [5.74, 6) is 0. The lowest BCUT2D eigenvalue weighted by Crippen LogP contribution is -1.96. The van der Waals surface area contributed by atoms with Crippen LogP contribution in [0.15, 0.2) is 25.1 Å². The molecule has 1 N–H and O–H groups in total. The Balaban J connectivity index is 2.40. The highest BCUT2D eigenvalue weighted by molar-refractivity contribution is 9.12. The minimum absolute atomic E-state index is 0.613. The fourth-order valence-corrected chi connectivity index (χ4v) is 5.23. The average molecular weight is 389 g/mol. The van der Waals surface area contributed by atoms with Gasteiger partial charge in [0.25, 0.3) is 0 Å². The lowest BCUT2D eigenvalue weighted by atomic mass is 10.2. The first-order valence-corrected chi connectivity index (χ1v) is 7.61. The number of thiophene rings is 2. The van der Waals surface area contributed by atoms with E-state index in [-0.39, 0.29) is 0 Å². The Hall–Kier alpha value is 0.610. The lowest BCUT2D eigenvalue weighted by Gasteiger charge is -2.07. The third-order valence-electron chi connectivity index (χ3n) is 1.87. The van der Waals surface area contributed by atoms with Crippen LogP contribution in [0.5, 0.6) is 0 Å². The third kappa shape index (κ3) is 2.48. The first kappa shape index (κ1) is 12.1. The van der Waals surface area contributed by atoms with Gasteiger partial charge in [0.15, 0.2) is 0 Å². The summed E-state index contributed by atoms with van der Waals surface area (Å²) in [6.45, 7) is 0. The van der Waals surface area contributed by atoms with E-state index in [1.54, 1.807) is 6.07 Å². The van der Waals surface area contributed by atoms with Gasteiger partial charge in [-0.3, -0.25) is 0 Å². The number of aliphatic hydroxyl groups is 1. The van der Waals surface area contributed by atoms with E-state index in [0.717, 1.165) is 18.0 Å². The molecule has 2 heterocycles. The fraction of sp³-hybridized carbons (Fsp3) is 0.111. The molecule has 0 radical (unpaired) electrons. The maximum atomic E-state index is 10.1. The van der Waals surface area contributed by atoms with Gasteiger partial charge in [-0.15, -0.1) is 22.7 Å². The Morgan fingerprint density at radius 2 is 2.13 bits per heavy atom. The lowest BCUT2D eigenvalue weighted by molar-refractivity contribution is 0.224. The third-order valence-corrected chi connectivity index (χ3v) is 5.67. The second-order valence-corrected chi connectivity index (χ2v) is 7.92. The molecule has 0 aliphatic carbocycles. The molecule has 0 fully saturated rings. The first-order valence-electron chi connectivity index (χ1n) is 3.95. The summed E-state index contributed by atoms with van der Waals surface area (Å²) in [5, 5.41) is 12.6. The second kappa shape index (κ2) is 4.85. The van der Waals surface area contributed by atoms with Crippen molar-refractivity contribution in [1.29, 1.82) is 0 Å². The van der Waals surface area contributed by atoms with Crippen molar-refractivity contribution in [2.75, 3.05) is 0 Å². The molecule has 0 aliphatic heterocycles. The molecule has 80 valence electrons. The van der Waals surface area contributed by atoms with E-state index in [9.17, 15) is 5.11 Å². The molecular formula is C9H5Br2ClOS2. The van der Waals surface area contributed by atoms with Gasteiger partial charge in [0, 0.05) is 5.56 Å². The number of rotatable bonds is 2. The number of halogens is 3. The summed E-state index contributed by atoms with van der Waals surface area (Å²) >= 11 is 15.8. The molecule has 1 unspecified atom stereocenters. The van der Waals surface area contributed by atoms with Crippen LogP contribution in [0.1, 0.15) is 16.5 Å². The van der Waals surface area contributed by atoms with Gasteiger partial charge >= 0.3 is 0 Å². The minimum Gasteiger partial charge on any atom is -0.383 e. The van der Waals surface area contributed by atoms with Crippen LogP contribution in [0.2, 0.25) is 5.02 Å². The molecule has 0 aliphatic rings. The van der Waals surface area contributed by atoms with Crippen molar-refractivity contribution < 1.29 is 5.11 Å². The van der Waals surface area contributed by atoms with E-state index in [1.165, 1.54) is 22.7 Å². The zero-order chi connectivity index (χ0) is 11.0. The summed E-state index contributed by atoms with van der Waals surface area (Å²) in [4.78, 5) is 0.780. The van der Waals surface area contributed by atoms with Crippen LogP contribution in [0.25, 0.3) is 0 Å². The van der Waals surface area contributed by atoms with Crippen LogP contribution in [0.4, 0.5) is 0 Å². The second-order valence-electron chi connectivity index (χ2n) is 2.81. The number of hydrogen-bond acceptors (Lipinski definition) is 3. The molecule has 0 aromatic carbocycles. The van der Waals surface area contributed by atoms with Crippen molar-refractivity contribution in [2.24, 2.45) is 0 Å². The zero-order valence-electron chi connectivity index (χ0n) is 7.21. The van der Waals surface area contributed by atoms with Crippen LogP contribution >= 0.6 is 66.1 Å². The van der Waals surface area contributed by atoms with Gasteiger partial charge in [0.1, 0.15) is 6.10 Å². The van der Waals surface area contributed by atoms with E-state index in [4.69, 9.17) is 11.6 Å². The molecule has 0 saturated carbocycles. The normalized spacial score (nSPS) is 13.1. The van der Waals surface area contributed by atoms with Crippen molar-refractivity contribution in [3.8, 4) is 0 Å². The fourth-order valence-electron chi connectivity index (χ4n) is 1.18. The number of aliphatic hydroxyl groups excluding tert-OH is 1. The van der Waals surface area contributed by atoms with Crippen molar-refractivity contribution in [2.45, 2.75) is 6.10 Å². The van der Waals surface area contributed by atoms with Gasteiger partial charge in [-0.1, -0.05) is 11.6 Å². The molecule has 0 spiro atoms. The molecule has 1 atom stereocenters. The van der Waals surface area contributed by atoms with E-state index in [0.29, 0.717) is 5.02 Å². The van der Waals surface area contributed by atoms with Crippen LogP contribution in [0, 0.1) is 0 Å². The van der Waals surface area contributed by atoms with E-state index < -0.39 is 6.10 Å². The molecule has 0 amide bonds. The predicted molar refractivity (Wildman–Crippen MR) is 73.1 cm³/mol. The summed E-state index contributed by atoms with van der Waals surface area (Å²) in [7, 11) is 0. The van der Waals surface area contributed by atoms with Crippen LogP contribution in [0.3, 0.4) is 0 Å². The standard InChI is InChI=1S/C9H5Br2ClOS2/c10-6-3-4(9(11)15-6)7(13)8-5(12)1-2-14-8/h1-3,7,13H. The van der Waals surface area contributed by atoms with Crippen LogP contribution in [-0.4, -0.2) is 5.11 Å². The van der Waals surface area contributed by atoms with Crippen LogP contribution in [-0.2, 0) is 0 Å². The molecule has 2 aromatic rings. The summed E-state index contributed by atoms with van der Waals surface area (Å²) in [6.07, 6.45) is -0.658. The summed E-state index contributed by atoms with van der Waals surface area (Å²) in [6, 6.07) is 3.69. The van der Waals surface area contributed by atoms with Crippen molar-refractivity contribution in [3.63, 3.8) is 0 Å². The smallest absolute Gasteiger partial charge is 0.117 e. The molecule has 6 heteroatoms. The maximum absolute atomic E-state index is 10.1. The van der Waals surface area contributed by atoms with Crippen molar-refractivity contribution in [3.05, 3.63) is 40.5 Å². The molecule has 0 saturated heterocycles. The highest BCUT2D eigenvalue weighted by Crippen LogP contribution is 2.40. The van der Waals surface area contributed by atoms with Crippen molar-refractivity contribution in [1.82, 2.24) is 0 Å². The Kier molecular flexibility index (Phi) is 3.91. The molecular weight excluding hydrogens is 383 g/mol. The number of hydrogen-bond donors (Lipinski definition) is 1. The molecule has 2 rings (SSSR count). The predicted octanol–water partition coefficient (Wildman–Crippen LogP) is 5.07. The Bertz CT molecular complexity index is 480. The van der Waals surface area contributed by atoms with E-state index in [1.807, 2.05) is 11.4 Å². The van der Waals surface area contributed by atoms with Gasteiger partial charge in [-0.2, -0.15) is 0 Å². The van der Waals surface area contributed by atoms with E-state index >= 15 is 0 Å². The molecule has 0 bridgehead atoms. The maximum Gasteiger partial charge on any atom is 0.117 e. The van der Waals surface area contributed by atoms with Gasteiger partial charge in [0.2, 0.25) is 0 Å². The SMILES string of the molecule is OC(c1cc(Br)sc1Br)c1sccc1Cl. The van der Waals surface area contributed by atoms with Gasteiger partial charge < -0.3 is 5.11 Å². The highest BCUT2D eigenvalue weighted by Gasteiger charge is 2.19. The Morgan fingerprint density at radius 1 is 1.40 bits per heavy atom. The van der Waals surface area contributed by atoms with Gasteiger partial charge in [0.05, 0.1) is 17.5 Å². The van der Waals surface area contributed by atoms with E-state index in [2.05, 4.69) is 31.9 Å². The quantitative estimate of drug-likeness (QED) is 0.762. The molecule has 2 aromatic heterocycles. The van der Waals surface area contributed by atoms with Gasteiger partial charge in [-0.25, -0.2) is 0 Å². The first-order chi connectivity index (χ1) is 7.09. The minimum atomic E-state index is -0.658. The average Bonchev–Trinajstić information content (AvgIpc) is 2.71. The monoisotopic (exact) mass is 386 g/mol. The summed E-state index contributed by atoms with van der Waals surface area (Å²) < 4.78 is 1.91. The highest BCUT2D eigenvalue weighted by atomic mass is 79.9. The van der Waals surface area contributed by atoms with Crippen LogP contribution < -0.4 is 0 Å². The van der Waals surface area contributed by atoms with Gasteiger partial charge in [-0.05, 0) is 49.4 Å². The summed E-state index contributed by atoms with van der Waals surface area (Å²) in [5.41, 5.74) is 0.844. The zero-order valence-corrected chi connectivity index (χ0v) is 12.8. The molecule has 15 heavy (non-hydrogen) atoms.